The van der Waals surface area contributed by atoms with Crippen LogP contribution >= 0.6 is 12.4 Å². The number of nitrogens with one attached hydrogen (secondary N) is 1. The molecule has 0 aliphatic carbocycles. The van der Waals surface area contributed by atoms with Gasteiger partial charge in [0, 0.05) is 25.1 Å². The van der Waals surface area contributed by atoms with E-state index in [1.807, 2.05) is 0 Å². The van der Waals surface area contributed by atoms with Crippen molar-refractivity contribution in [3.05, 3.63) is 0 Å². The molecule has 9 heavy (non-hydrogen) atoms. The minimum atomic E-state index is 0. The van der Waals surface area contributed by atoms with Gasteiger partial charge in [0.05, 0.1) is 6.61 Å². The van der Waals surface area contributed by atoms with E-state index in [4.69, 9.17) is 4.74 Å². The fraction of sp³-hybridized carbons (Fsp3) is 1.00. The Labute approximate surface area is 61.4 Å². The van der Waals surface area contributed by atoms with Crippen LogP contribution in [0.4, 0.5) is 0 Å². The minimum Gasteiger partial charge on any atom is -0.381 e. The van der Waals surface area contributed by atoms with E-state index in [1.165, 1.54) is 13.0 Å². The highest BCUT2D eigenvalue weighted by molar-refractivity contribution is 5.85. The zero-order valence-electron chi connectivity index (χ0n) is 5.30. The Hall–Kier alpha value is 0.210. The summed E-state index contributed by atoms with van der Waals surface area (Å²) in [6.07, 6.45) is 1.23. The second-order valence-electron chi connectivity index (χ2n) is 2.64. The van der Waals surface area contributed by atoms with E-state index in [1.54, 1.807) is 0 Å². The van der Waals surface area contributed by atoms with Gasteiger partial charge < -0.3 is 10.1 Å². The summed E-state index contributed by atoms with van der Waals surface area (Å²) in [5, 5.41) is 3.37. The van der Waals surface area contributed by atoms with Gasteiger partial charge >= 0.3 is 0 Å². The Balaban J connectivity index is 0.000000405. The van der Waals surface area contributed by atoms with Gasteiger partial charge in [-0.1, -0.05) is 0 Å². The van der Waals surface area contributed by atoms with Crippen LogP contribution in [0.5, 0.6) is 0 Å². The molecule has 0 aromatic heterocycles. The van der Waals surface area contributed by atoms with Crippen LogP contribution in [0.1, 0.15) is 6.42 Å². The van der Waals surface area contributed by atoms with Crippen LogP contribution in [0.3, 0.4) is 0 Å². The smallest absolute Gasteiger partial charge is 0.0521 e. The highest BCUT2D eigenvalue weighted by atomic mass is 35.5. The van der Waals surface area contributed by atoms with Crippen molar-refractivity contribution < 1.29 is 4.74 Å². The molecular weight excluding hydrogens is 138 g/mol. The number of hydrogen-bond donors (Lipinski definition) is 1. The summed E-state index contributed by atoms with van der Waals surface area (Å²) < 4.78 is 5.26. The lowest BCUT2D eigenvalue weighted by Crippen LogP contribution is -2.57. The fourth-order valence-electron chi connectivity index (χ4n) is 1.41. The SMILES string of the molecule is C1CC2NCC2CO1.Cl. The molecule has 1 N–H and O–H groups in total. The summed E-state index contributed by atoms with van der Waals surface area (Å²) in [4.78, 5) is 0. The first-order chi connectivity index (χ1) is 3.97. The van der Waals surface area contributed by atoms with E-state index in [2.05, 4.69) is 5.32 Å². The molecule has 3 heteroatoms. The quantitative estimate of drug-likeness (QED) is 0.539. The molecule has 0 bridgehead atoms. The molecule has 2 rings (SSSR count). The van der Waals surface area contributed by atoms with Gasteiger partial charge in [0.25, 0.3) is 0 Å². The van der Waals surface area contributed by atoms with Crippen molar-refractivity contribution in [2.24, 2.45) is 5.92 Å². The molecule has 0 amide bonds. The van der Waals surface area contributed by atoms with E-state index < -0.39 is 0 Å². The Morgan fingerprint density at radius 3 is 2.67 bits per heavy atom. The van der Waals surface area contributed by atoms with Gasteiger partial charge in [-0.15, -0.1) is 12.4 Å². The van der Waals surface area contributed by atoms with Gasteiger partial charge in [-0.05, 0) is 6.42 Å². The second-order valence-corrected chi connectivity index (χ2v) is 2.64. The van der Waals surface area contributed by atoms with E-state index in [0.29, 0.717) is 0 Å². The molecule has 2 aliphatic heterocycles. The average Bonchev–Trinajstić information content (AvgIpc) is 1.72. The first-order valence-electron chi connectivity index (χ1n) is 3.28. The Kier molecular flexibility index (Phi) is 2.33. The first-order valence-corrected chi connectivity index (χ1v) is 3.28. The van der Waals surface area contributed by atoms with Crippen molar-refractivity contribution >= 4 is 12.4 Å². The molecule has 0 saturated carbocycles. The molecule has 0 aromatic carbocycles. The monoisotopic (exact) mass is 149 g/mol. The standard InChI is InChI=1S/C6H11NO.ClH/c1-2-8-4-5-3-7-6(1)5;/h5-7H,1-4H2;1H. The van der Waals surface area contributed by atoms with E-state index in [0.717, 1.165) is 25.2 Å². The maximum atomic E-state index is 5.26. The number of halogens is 1. The third-order valence-corrected chi connectivity index (χ3v) is 2.12. The van der Waals surface area contributed by atoms with Crippen LogP contribution < -0.4 is 5.32 Å². The topological polar surface area (TPSA) is 21.3 Å². The lowest BCUT2D eigenvalue weighted by atomic mass is 9.89. The predicted molar refractivity (Wildman–Crippen MR) is 38.0 cm³/mol. The van der Waals surface area contributed by atoms with Gasteiger partial charge in [-0.3, -0.25) is 0 Å². The van der Waals surface area contributed by atoms with Gasteiger partial charge in [0.2, 0.25) is 0 Å². The Morgan fingerprint density at radius 2 is 2.33 bits per heavy atom. The lowest BCUT2D eigenvalue weighted by Gasteiger charge is -2.41. The van der Waals surface area contributed by atoms with Crippen molar-refractivity contribution in [2.45, 2.75) is 12.5 Å². The summed E-state index contributed by atoms with van der Waals surface area (Å²) in [5.41, 5.74) is 0. The Bertz CT molecular complexity index is 87.1. The highest BCUT2D eigenvalue weighted by Crippen LogP contribution is 2.20. The largest absolute Gasteiger partial charge is 0.381 e. The number of rotatable bonds is 0. The molecule has 2 nitrogen and oxygen atoms in total. The van der Waals surface area contributed by atoms with Crippen molar-refractivity contribution in [1.29, 1.82) is 0 Å². The summed E-state index contributed by atoms with van der Waals surface area (Å²) >= 11 is 0. The summed E-state index contributed by atoms with van der Waals surface area (Å²) in [5.74, 6) is 0.851. The first kappa shape index (κ1) is 7.32. The zero-order valence-corrected chi connectivity index (χ0v) is 6.12. The predicted octanol–water partition coefficient (Wildman–Crippen LogP) is 0.416. The summed E-state index contributed by atoms with van der Waals surface area (Å²) in [7, 11) is 0. The molecule has 54 valence electrons. The Morgan fingerprint density at radius 1 is 1.44 bits per heavy atom. The molecule has 2 saturated heterocycles. The lowest BCUT2D eigenvalue weighted by molar-refractivity contribution is -0.00410. The highest BCUT2D eigenvalue weighted by Gasteiger charge is 2.32. The van der Waals surface area contributed by atoms with Crippen molar-refractivity contribution in [3.8, 4) is 0 Å². The van der Waals surface area contributed by atoms with Crippen LogP contribution in [0, 0.1) is 5.92 Å². The molecule has 0 aromatic rings. The van der Waals surface area contributed by atoms with Crippen LogP contribution in [-0.4, -0.2) is 25.8 Å². The van der Waals surface area contributed by atoms with Gasteiger partial charge in [-0.2, -0.15) is 0 Å². The van der Waals surface area contributed by atoms with Crippen LogP contribution in [0.15, 0.2) is 0 Å². The molecule has 2 unspecified atom stereocenters. The van der Waals surface area contributed by atoms with Crippen molar-refractivity contribution in [3.63, 3.8) is 0 Å². The normalized spacial score (nSPS) is 40.0. The third-order valence-electron chi connectivity index (χ3n) is 2.12. The van der Waals surface area contributed by atoms with Crippen LogP contribution in [0.2, 0.25) is 0 Å². The van der Waals surface area contributed by atoms with Crippen molar-refractivity contribution in [1.82, 2.24) is 5.32 Å². The molecule has 0 radical (unpaired) electrons. The van der Waals surface area contributed by atoms with Gasteiger partial charge in [0.15, 0.2) is 0 Å². The number of fused-ring (bicyclic) bond motifs is 1. The second kappa shape index (κ2) is 2.86. The van der Waals surface area contributed by atoms with E-state index >= 15 is 0 Å². The molecular formula is C6H12ClNO. The number of hydrogen-bond acceptors (Lipinski definition) is 2. The van der Waals surface area contributed by atoms with E-state index in [-0.39, 0.29) is 12.4 Å². The van der Waals surface area contributed by atoms with Gasteiger partial charge in [0.1, 0.15) is 0 Å². The maximum Gasteiger partial charge on any atom is 0.0521 e. The fourth-order valence-corrected chi connectivity index (χ4v) is 1.41. The molecule has 2 atom stereocenters. The van der Waals surface area contributed by atoms with Gasteiger partial charge in [-0.25, -0.2) is 0 Å². The molecule has 2 fully saturated rings. The van der Waals surface area contributed by atoms with Crippen LogP contribution in [-0.2, 0) is 4.74 Å². The summed E-state index contributed by atoms with van der Waals surface area (Å²) in [6.45, 7) is 3.15. The van der Waals surface area contributed by atoms with Crippen molar-refractivity contribution in [2.75, 3.05) is 19.8 Å². The van der Waals surface area contributed by atoms with E-state index in [9.17, 15) is 0 Å². The minimum absolute atomic E-state index is 0. The zero-order chi connectivity index (χ0) is 5.40. The molecule has 0 spiro atoms. The van der Waals surface area contributed by atoms with Crippen LogP contribution in [0.25, 0.3) is 0 Å². The average molecular weight is 150 g/mol. The molecule has 2 aliphatic rings. The third kappa shape index (κ3) is 1.20. The molecule has 2 heterocycles. The maximum absolute atomic E-state index is 5.26. The summed E-state index contributed by atoms with van der Waals surface area (Å²) in [6, 6.07) is 0.809. The number of ether oxygens (including phenoxy) is 1.